The van der Waals surface area contributed by atoms with Crippen LogP contribution in [0.2, 0.25) is 0 Å². The number of carbonyl (C=O) groups excluding carboxylic acids is 1. The molecule has 78 valence electrons. The fraction of sp³-hybridized carbons (Fsp3) is 0.273. The maximum atomic E-state index is 10.7. The minimum Gasteiger partial charge on any atom is -0.366 e. The van der Waals surface area contributed by atoms with Gasteiger partial charge in [-0.2, -0.15) is 5.26 Å². The Morgan fingerprint density at radius 1 is 1.67 bits per heavy atom. The molecule has 0 fully saturated rings. The van der Waals surface area contributed by atoms with Crippen molar-refractivity contribution in [1.29, 1.82) is 5.26 Å². The van der Waals surface area contributed by atoms with E-state index in [0.29, 0.717) is 0 Å². The lowest BCUT2D eigenvalue weighted by atomic mass is 10.1. The first-order chi connectivity index (χ1) is 7.13. The topological polar surface area (TPSA) is 76.1 Å². The first kappa shape index (κ1) is 11.2. The highest BCUT2D eigenvalue weighted by Gasteiger charge is 2.14. The number of primary amides is 1. The summed E-state index contributed by atoms with van der Waals surface area (Å²) >= 11 is 0. The van der Waals surface area contributed by atoms with Crippen LogP contribution in [-0.4, -0.2) is 12.0 Å². The number of nitriles is 1. The normalized spacial score (nSPS) is 11.7. The van der Waals surface area contributed by atoms with Crippen LogP contribution in [0.25, 0.3) is 0 Å². The first-order valence-corrected chi connectivity index (χ1v) is 4.49. The van der Waals surface area contributed by atoms with Gasteiger partial charge in [0.15, 0.2) is 0 Å². The Bertz CT molecular complexity index is 396. The zero-order chi connectivity index (χ0) is 11.3. The molecule has 15 heavy (non-hydrogen) atoms. The maximum Gasteiger partial charge on any atom is 0.261 e. The van der Waals surface area contributed by atoms with Crippen LogP contribution in [0.4, 0.5) is 0 Å². The van der Waals surface area contributed by atoms with Crippen LogP contribution in [0.15, 0.2) is 24.3 Å². The van der Waals surface area contributed by atoms with Crippen molar-refractivity contribution in [2.75, 3.05) is 0 Å². The van der Waals surface area contributed by atoms with E-state index in [1.165, 1.54) is 0 Å². The van der Waals surface area contributed by atoms with Gasteiger partial charge in [0.2, 0.25) is 6.10 Å². The molecule has 0 spiro atoms. The highest BCUT2D eigenvalue weighted by atomic mass is 16.5. The first-order valence-electron chi connectivity index (χ1n) is 4.49. The molecule has 0 radical (unpaired) electrons. The third-order valence-corrected chi connectivity index (χ3v) is 1.87. The molecule has 0 aliphatic rings. The largest absolute Gasteiger partial charge is 0.366 e. The number of ether oxygens (including phenoxy) is 1. The lowest BCUT2D eigenvalue weighted by molar-refractivity contribution is -0.126. The van der Waals surface area contributed by atoms with Crippen LogP contribution in [0.1, 0.15) is 11.1 Å². The number of rotatable bonds is 4. The molecule has 1 rings (SSSR count). The van der Waals surface area contributed by atoms with E-state index in [4.69, 9.17) is 15.7 Å². The van der Waals surface area contributed by atoms with Crippen LogP contribution < -0.4 is 5.73 Å². The monoisotopic (exact) mass is 204 g/mol. The van der Waals surface area contributed by atoms with Gasteiger partial charge in [-0.1, -0.05) is 29.8 Å². The number of nitrogens with two attached hydrogens (primary N) is 1. The Labute approximate surface area is 88.3 Å². The van der Waals surface area contributed by atoms with Crippen LogP contribution in [0.3, 0.4) is 0 Å². The number of carbonyl (C=O) groups is 1. The SMILES string of the molecule is Cc1cccc(COC(C#N)C(N)=O)c1. The number of aryl methyl sites for hydroxylation is 1. The van der Waals surface area contributed by atoms with Crippen molar-refractivity contribution in [1.82, 2.24) is 0 Å². The average Bonchev–Trinajstić information content (AvgIpc) is 2.18. The number of nitrogens with zero attached hydrogens (tertiary/aromatic N) is 1. The fourth-order valence-corrected chi connectivity index (χ4v) is 1.16. The predicted octanol–water partition coefficient (Wildman–Crippen LogP) is 0.889. The van der Waals surface area contributed by atoms with Crippen molar-refractivity contribution in [3.05, 3.63) is 35.4 Å². The molecule has 1 aromatic carbocycles. The molecule has 1 aromatic rings. The van der Waals surface area contributed by atoms with Gasteiger partial charge in [0.25, 0.3) is 5.91 Å². The summed E-state index contributed by atoms with van der Waals surface area (Å²) in [6.07, 6.45) is -1.18. The Balaban J connectivity index is 2.57. The lowest BCUT2D eigenvalue weighted by Gasteiger charge is -2.07. The Hall–Kier alpha value is -1.86. The predicted molar refractivity (Wildman–Crippen MR) is 54.6 cm³/mol. The number of hydrogen-bond acceptors (Lipinski definition) is 3. The van der Waals surface area contributed by atoms with Gasteiger partial charge in [-0.25, -0.2) is 0 Å². The highest BCUT2D eigenvalue weighted by Crippen LogP contribution is 2.06. The number of benzene rings is 1. The molecule has 0 saturated heterocycles. The van der Waals surface area contributed by atoms with Crippen molar-refractivity contribution in [3.63, 3.8) is 0 Å². The second-order valence-electron chi connectivity index (χ2n) is 3.21. The molecule has 0 saturated carbocycles. The Morgan fingerprint density at radius 3 is 2.93 bits per heavy atom. The molecule has 4 heteroatoms. The Morgan fingerprint density at radius 2 is 2.40 bits per heavy atom. The van der Waals surface area contributed by atoms with Crippen molar-refractivity contribution in [2.45, 2.75) is 19.6 Å². The summed E-state index contributed by atoms with van der Waals surface area (Å²) in [5, 5.41) is 8.55. The van der Waals surface area contributed by atoms with Crippen molar-refractivity contribution in [3.8, 4) is 6.07 Å². The third-order valence-electron chi connectivity index (χ3n) is 1.87. The molecule has 0 heterocycles. The summed E-state index contributed by atoms with van der Waals surface area (Å²) < 4.78 is 5.06. The molecule has 0 bridgehead atoms. The molecular formula is C11H12N2O2. The van der Waals surface area contributed by atoms with Gasteiger partial charge in [0.1, 0.15) is 6.07 Å². The van der Waals surface area contributed by atoms with E-state index in [-0.39, 0.29) is 6.61 Å². The summed E-state index contributed by atoms with van der Waals surface area (Å²) in [5.74, 6) is -0.759. The summed E-state index contributed by atoms with van der Waals surface area (Å²) in [6, 6.07) is 9.33. The molecule has 0 aromatic heterocycles. The van der Waals surface area contributed by atoms with Gasteiger partial charge in [-0.3, -0.25) is 4.79 Å². The standard InChI is InChI=1S/C11H12N2O2/c1-8-3-2-4-9(5-8)7-15-10(6-12)11(13)14/h2-5,10H,7H2,1H3,(H2,13,14). The van der Waals surface area contributed by atoms with E-state index < -0.39 is 12.0 Å². The zero-order valence-electron chi connectivity index (χ0n) is 8.43. The summed E-state index contributed by atoms with van der Waals surface area (Å²) in [5.41, 5.74) is 6.97. The summed E-state index contributed by atoms with van der Waals surface area (Å²) in [4.78, 5) is 10.7. The fourth-order valence-electron chi connectivity index (χ4n) is 1.16. The van der Waals surface area contributed by atoms with E-state index in [1.807, 2.05) is 31.2 Å². The number of amides is 1. The van der Waals surface area contributed by atoms with Gasteiger partial charge in [0.05, 0.1) is 6.61 Å². The van der Waals surface area contributed by atoms with E-state index in [9.17, 15) is 4.79 Å². The molecule has 4 nitrogen and oxygen atoms in total. The second-order valence-corrected chi connectivity index (χ2v) is 3.21. The quantitative estimate of drug-likeness (QED) is 0.791. The molecular weight excluding hydrogens is 192 g/mol. The van der Waals surface area contributed by atoms with E-state index in [0.717, 1.165) is 11.1 Å². The molecule has 1 amide bonds. The molecule has 2 N–H and O–H groups in total. The Kier molecular flexibility index (Phi) is 3.83. The third kappa shape index (κ3) is 3.41. The van der Waals surface area contributed by atoms with Crippen molar-refractivity contribution < 1.29 is 9.53 Å². The molecule has 1 atom stereocenters. The summed E-state index contributed by atoms with van der Waals surface area (Å²) in [7, 11) is 0. The second kappa shape index (κ2) is 5.13. The smallest absolute Gasteiger partial charge is 0.261 e. The van der Waals surface area contributed by atoms with E-state index in [2.05, 4.69) is 0 Å². The minimum atomic E-state index is -1.18. The van der Waals surface area contributed by atoms with E-state index in [1.54, 1.807) is 6.07 Å². The van der Waals surface area contributed by atoms with Crippen molar-refractivity contribution in [2.24, 2.45) is 5.73 Å². The summed E-state index contributed by atoms with van der Waals surface area (Å²) in [6.45, 7) is 2.17. The van der Waals surface area contributed by atoms with Gasteiger partial charge < -0.3 is 10.5 Å². The minimum absolute atomic E-state index is 0.211. The van der Waals surface area contributed by atoms with Crippen LogP contribution in [-0.2, 0) is 16.1 Å². The van der Waals surface area contributed by atoms with E-state index >= 15 is 0 Å². The van der Waals surface area contributed by atoms with Gasteiger partial charge >= 0.3 is 0 Å². The molecule has 0 aliphatic heterocycles. The van der Waals surface area contributed by atoms with Crippen LogP contribution in [0.5, 0.6) is 0 Å². The van der Waals surface area contributed by atoms with Gasteiger partial charge in [-0.15, -0.1) is 0 Å². The molecule has 1 unspecified atom stereocenters. The highest BCUT2D eigenvalue weighted by molar-refractivity contribution is 5.81. The number of hydrogen-bond donors (Lipinski definition) is 1. The van der Waals surface area contributed by atoms with Gasteiger partial charge in [0, 0.05) is 0 Å². The lowest BCUT2D eigenvalue weighted by Crippen LogP contribution is -2.29. The van der Waals surface area contributed by atoms with Gasteiger partial charge in [-0.05, 0) is 12.5 Å². The average molecular weight is 204 g/mol. The van der Waals surface area contributed by atoms with Crippen LogP contribution in [0, 0.1) is 18.3 Å². The zero-order valence-corrected chi connectivity index (χ0v) is 8.43. The van der Waals surface area contributed by atoms with Crippen LogP contribution >= 0.6 is 0 Å². The van der Waals surface area contributed by atoms with Crippen molar-refractivity contribution >= 4 is 5.91 Å². The molecule has 0 aliphatic carbocycles. The maximum absolute atomic E-state index is 10.7.